The predicted molar refractivity (Wildman–Crippen MR) is 132 cm³/mol. The maximum absolute atomic E-state index is 14.2. The van der Waals surface area contributed by atoms with E-state index in [0.717, 1.165) is 45.3 Å². The van der Waals surface area contributed by atoms with Crippen molar-refractivity contribution in [1.29, 1.82) is 0 Å². The molecule has 1 aromatic carbocycles. The summed E-state index contributed by atoms with van der Waals surface area (Å²) in [4.78, 5) is 16.2. The Morgan fingerprint density at radius 3 is 2.48 bits per heavy atom. The molecule has 3 rings (SSSR count). The van der Waals surface area contributed by atoms with E-state index in [0.29, 0.717) is 35.6 Å². The maximum Gasteiger partial charge on any atom is 0.233 e. The highest BCUT2D eigenvalue weighted by Crippen LogP contribution is 2.24. The number of aromatic nitrogens is 3. The number of hydrogen-bond donors (Lipinski definition) is 3. The van der Waals surface area contributed by atoms with Gasteiger partial charge in [-0.15, -0.1) is 0 Å². The Balaban J connectivity index is 1.80. The first-order valence-electron chi connectivity index (χ1n) is 12.2. The van der Waals surface area contributed by atoms with Crippen LogP contribution in [0.4, 0.5) is 27.9 Å². The molecule has 9 heteroatoms. The van der Waals surface area contributed by atoms with Gasteiger partial charge in [-0.1, -0.05) is 33.6 Å². The fourth-order valence-corrected chi connectivity index (χ4v) is 4.37. The minimum Gasteiger partial charge on any atom is -0.494 e. The van der Waals surface area contributed by atoms with Crippen molar-refractivity contribution in [1.82, 2.24) is 19.9 Å². The predicted octanol–water partition coefficient (Wildman–Crippen LogP) is 5.04. The van der Waals surface area contributed by atoms with E-state index < -0.39 is 5.82 Å². The number of methoxy groups -OCH3 is 1. The van der Waals surface area contributed by atoms with Gasteiger partial charge in [-0.25, -0.2) is 4.39 Å². The van der Waals surface area contributed by atoms with E-state index >= 15 is 0 Å². The Kier molecular flexibility index (Phi) is 9.47. The number of hydrogen-bond acceptors (Lipinski definition) is 8. The monoisotopic (exact) mass is 459 g/mol. The van der Waals surface area contributed by atoms with Gasteiger partial charge in [0, 0.05) is 30.4 Å². The van der Waals surface area contributed by atoms with E-state index in [4.69, 9.17) is 4.74 Å². The topological polar surface area (TPSA) is 87.2 Å². The van der Waals surface area contributed by atoms with Crippen molar-refractivity contribution in [2.75, 3.05) is 42.7 Å². The molecule has 182 valence electrons. The van der Waals surface area contributed by atoms with Crippen LogP contribution in [-0.4, -0.2) is 58.7 Å². The molecule has 33 heavy (non-hydrogen) atoms. The summed E-state index contributed by atoms with van der Waals surface area (Å²) in [6.07, 6.45) is 6.64. The SMILES string of the molecule is CCCC(CCC)Nc1nc(NCC2CCCN2CC)nc(Nc2ccc(OC)c(F)c2)n1. The van der Waals surface area contributed by atoms with Crippen molar-refractivity contribution < 1.29 is 9.13 Å². The molecule has 0 radical (unpaired) electrons. The highest BCUT2D eigenvalue weighted by atomic mass is 19.1. The summed E-state index contributed by atoms with van der Waals surface area (Å²) in [5, 5.41) is 10.00. The van der Waals surface area contributed by atoms with E-state index in [1.807, 2.05) is 0 Å². The molecule has 0 bridgehead atoms. The van der Waals surface area contributed by atoms with Crippen LogP contribution in [0.2, 0.25) is 0 Å². The molecule has 1 aliphatic rings. The zero-order valence-corrected chi connectivity index (χ0v) is 20.3. The Morgan fingerprint density at radius 1 is 1.09 bits per heavy atom. The van der Waals surface area contributed by atoms with E-state index in [1.165, 1.54) is 26.0 Å². The third-order valence-corrected chi connectivity index (χ3v) is 6.05. The first kappa shape index (κ1) is 25.0. The van der Waals surface area contributed by atoms with Crippen molar-refractivity contribution in [3.8, 4) is 5.75 Å². The van der Waals surface area contributed by atoms with Gasteiger partial charge in [-0.3, -0.25) is 4.90 Å². The summed E-state index contributed by atoms with van der Waals surface area (Å²) in [6, 6.07) is 5.46. The van der Waals surface area contributed by atoms with Crippen LogP contribution < -0.4 is 20.7 Å². The van der Waals surface area contributed by atoms with E-state index in [-0.39, 0.29) is 5.75 Å². The van der Waals surface area contributed by atoms with E-state index in [2.05, 4.69) is 56.6 Å². The largest absolute Gasteiger partial charge is 0.494 e. The standard InChI is InChI=1S/C24H38FN7O/c1-5-9-17(10-6-2)27-23-29-22(26-16-19-11-8-14-32(19)7-3)30-24(31-23)28-18-12-13-21(33-4)20(25)15-18/h12-13,15,17,19H,5-11,14,16H2,1-4H3,(H3,26,27,28,29,30,31). The number of nitrogens with one attached hydrogen (secondary N) is 3. The second-order valence-corrected chi connectivity index (χ2v) is 8.50. The first-order valence-corrected chi connectivity index (χ1v) is 12.2. The van der Waals surface area contributed by atoms with Crippen molar-refractivity contribution in [2.45, 2.75) is 71.4 Å². The Bertz CT molecular complexity index is 876. The normalized spacial score (nSPS) is 16.2. The fraction of sp³-hybridized carbons (Fsp3) is 0.625. The van der Waals surface area contributed by atoms with Crippen molar-refractivity contribution >= 4 is 23.5 Å². The smallest absolute Gasteiger partial charge is 0.233 e. The molecule has 2 aromatic rings. The lowest BCUT2D eigenvalue weighted by molar-refractivity contribution is 0.277. The van der Waals surface area contributed by atoms with Crippen LogP contribution in [0.15, 0.2) is 18.2 Å². The molecular weight excluding hydrogens is 421 g/mol. The van der Waals surface area contributed by atoms with Gasteiger partial charge in [0.15, 0.2) is 11.6 Å². The molecule has 1 unspecified atom stereocenters. The summed E-state index contributed by atoms with van der Waals surface area (Å²) in [7, 11) is 1.44. The molecule has 2 heterocycles. The van der Waals surface area contributed by atoms with Gasteiger partial charge in [0.25, 0.3) is 0 Å². The second kappa shape index (κ2) is 12.5. The zero-order chi connectivity index (χ0) is 23.6. The second-order valence-electron chi connectivity index (χ2n) is 8.50. The summed E-state index contributed by atoms with van der Waals surface area (Å²) < 4.78 is 19.2. The molecule has 1 fully saturated rings. The molecular formula is C24H38FN7O. The minimum atomic E-state index is -0.444. The first-order chi connectivity index (χ1) is 16.1. The van der Waals surface area contributed by atoms with Crippen molar-refractivity contribution in [3.63, 3.8) is 0 Å². The minimum absolute atomic E-state index is 0.194. The number of anilines is 4. The third kappa shape index (κ3) is 7.15. The summed E-state index contributed by atoms with van der Waals surface area (Å²) in [5.74, 6) is 1.15. The van der Waals surface area contributed by atoms with Gasteiger partial charge < -0.3 is 20.7 Å². The molecule has 0 amide bonds. The molecule has 1 aliphatic heterocycles. The Hall–Kier alpha value is -2.68. The van der Waals surface area contributed by atoms with E-state index in [1.54, 1.807) is 12.1 Å². The van der Waals surface area contributed by atoms with Crippen LogP contribution in [0.3, 0.4) is 0 Å². The molecule has 0 aliphatic carbocycles. The number of likely N-dealkylation sites (N-methyl/N-ethyl adjacent to an activating group) is 1. The summed E-state index contributed by atoms with van der Waals surface area (Å²) >= 11 is 0. The van der Waals surface area contributed by atoms with Crippen molar-refractivity contribution in [3.05, 3.63) is 24.0 Å². The lowest BCUT2D eigenvalue weighted by Crippen LogP contribution is -2.35. The van der Waals surface area contributed by atoms with Gasteiger partial charge >= 0.3 is 0 Å². The lowest BCUT2D eigenvalue weighted by Gasteiger charge is -2.23. The fourth-order valence-electron chi connectivity index (χ4n) is 4.37. The molecule has 0 saturated carbocycles. The van der Waals surface area contributed by atoms with Crippen LogP contribution in [0, 0.1) is 5.82 Å². The number of likely N-dealkylation sites (tertiary alicyclic amines) is 1. The average Bonchev–Trinajstić information content (AvgIpc) is 3.26. The summed E-state index contributed by atoms with van der Waals surface area (Å²) in [5.41, 5.74) is 0.544. The summed E-state index contributed by atoms with van der Waals surface area (Å²) in [6.45, 7) is 9.51. The molecule has 3 N–H and O–H groups in total. The quantitative estimate of drug-likeness (QED) is 0.384. The van der Waals surface area contributed by atoms with Gasteiger partial charge in [-0.2, -0.15) is 15.0 Å². The number of benzene rings is 1. The molecule has 1 aromatic heterocycles. The van der Waals surface area contributed by atoms with Gasteiger partial charge in [0.05, 0.1) is 7.11 Å². The molecule has 0 spiro atoms. The number of rotatable bonds is 13. The molecule has 8 nitrogen and oxygen atoms in total. The average molecular weight is 460 g/mol. The van der Waals surface area contributed by atoms with E-state index in [9.17, 15) is 4.39 Å². The van der Waals surface area contributed by atoms with Crippen LogP contribution in [0.1, 0.15) is 59.3 Å². The van der Waals surface area contributed by atoms with Crippen molar-refractivity contribution in [2.24, 2.45) is 0 Å². The van der Waals surface area contributed by atoms with Gasteiger partial charge in [-0.05, 0) is 50.9 Å². The molecule has 1 atom stereocenters. The van der Waals surface area contributed by atoms with Gasteiger partial charge in [0.2, 0.25) is 17.8 Å². The Morgan fingerprint density at radius 2 is 1.82 bits per heavy atom. The highest BCUT2D eigenvalue weighted by Gasteiger charge is 2.23. The Labute approximate surface area is 196 Å². The van der Waals surface area contributed by atoms with Crippen LogP contribution >= 0.6 is 0 Å². The van der Waals surface area contributed by atoms with Crippen LogP contribution in [0.5, 0.6) is 5.75 Å². The zero-order valence-electron chi connectivity index (χ0n) is 20.3. The number of ether oxygens (including phenoxy) is 1. The molecule has 1 saturated heterocycles. The van der Waals surface area contributed by atoms with Crippen LogP contribution in [-0.2, 0) is 0 Å². The maximum atomic E-state index is 14.2. The highest BCUT2D eigenvalue weighted by molar-refractivity contribution is 5.57. The third-order valence-electron chi connectivity index (χ3n) is 6.05. The lowest BCUT2D eigenvalue weighted by atomic mass is 10.1. The number of nitrogens with zero attached hydrogens (tertiary/aromatic N) is 4. The number of halogens is 1. The van der Waals surface area contributed by atoms with Crippen LogP contribution in [0.25, 0.3) is 0 Å². The van der Waals surface area contributed by atoms with Gasteiger partial charge in [0.1, 0.15) is 0 Å².